The third-order valence-electron chi connectivity index (χ3n) is 4.38. The highest BCUT2D eigenvalue weighted by Crippen LogP contribution is 2.14. The quantitative estimate of drug-likeness (QED) is 0.668. The van der Waals surface area contributed by atoms with Crippen LogP contribution in [0.4, 0.5) is 5.95 Å². The first-order chi connectivity index (χ1) is 13.2. The lowest BCUT2D eigenvalue weighted by atomic mass is 10.2. The SMILES string of the molecule is O=C(Cn1nc(-c2ccccc2)oc1=O)N1CCN(c2ncccn2)CC1. The smallest absolute Gasteiger partial charge is 0.388 e. The fourth-order valence-electron chi connectivity index (χ4n) is 2.94. The van der Waals surface area contributed by atoms with E-state index in [-0.39, 0.29) is 18.3 Å². The van der Waals surface area contributed by atoms with Crippen LogP contribution in [0.5, 0.6) is 0 Å². The molecule has 27 heavy (non-hydrogen) atoms. The highest BCUT2D eigenvalue weighted by molar-refractivity contribution is 5.76. The van der Waals surface area contributed by atoms with Gasteiger partial charge in [0.15, 0.2) is 0 Å². The normalized spacial score (nSPS) is 14.4. The van der Waals surface area contributed by atoms with Crippen LogP contribution in [0.25, 0.3) is 11.5 Å². The van der Waals surface area contributed by atoms with Crippen LogP contribution < -0.4 is 10.7 Å². The van der Waals surface area contributed by atoms with Crippen LogP contribution in [0.15, 0.2) is 58.0 Å². The van der Waals surface area contributed by atoms with E-state index in [1.807, 2.05) is 23.1 Å². The fourth-order valence-corrected chi connectivity index (χ4v) is 2.94. The van der Waals surface area contributed by atoms with Crippen LogP contribution >= 0.6 is 0 Å². The number of nitrogens with zero attached hydrogens (tertiary/aromatic N) is 6. The summed E-state index contributed by atoms with van der Waals surface area (Å²) < 4.78 is 6.23. The maximum Gasteiger partial charge on any atom is 0.437 e. The Hall–Kier alpha value is -3.49. The Kier molecular flexibility index (Phi) is 4.65. The summed E-state index contributed by atoms with van der Waals surface area (Å²) in [5.74, 6) is 0.0569. The molecule has 1 fully saturated rings. The van der Waals surface area contributed by atoms with Gasteiger partial charge in [-0.3, -0.25) is 4.79 Å². The predicted molar refractivity (Wildman–Crippen MR) is 97.0 cm³/mol. The Morgan fingerprint density at radius 1 is 1.00 bits per heavy atom. The van der Waals surface area contributed by atoms with Crippen LogP contribution in [0, 0.1) is 0 Å². The lowest BCUT2D eigenvalue weighted by Gasteiger charge is -2.34. The molecular formula is C18H18N6O3. The lowest BCUT2D eigenvalue weighted by molar-refractivity contribution is -0.132. The van der Waals surface area contributed by atoms with E-state index in [0.717, 1.165) is 4.68 Å². The Labute approximate surface area is 154 Å². The average Bonchev–Trinajstić information content (AvgIpc) is 3.10. The van der Waals surface area contributed by atoms with Gasteiger partial charge in [0, 0.05) is 44.1 Å². The van der Waals surface area contributed by atoms with E-state index < -0.39 is 5.76 Å². The van der Waals surface area contributed by atoms with Crippen molar-refractivity contribution in [1.29, 1.82) is 0 Å². The molecule has 1 aliphatic heterocycles. The molecule has 138 valence electrons. The molecule has 0 atom stereocenters. The summed E-state index contributed by atoms with van der Waals surface area (Å²) in [5, 5.41) is 4.14. The minimum atomic E-state index is -0.640. The highest BCUT2D eigenvalue weighted by Gasteiger charge is 2.24. The van der Waals surface area contributed by atoms with Gasteiger partial charge in [-0.05, 0) is 18.2 Å². The van der Waals surface area contributed by atoms with Crippen LogP contribution in [-0.2, 0) is 11.3 Å². The standard InChI is InChI=1S/C18H18N6O3/c25-15(22-9-11-23(12-10-22)17-19-7-4-8-20-17)13-24-18(26)27-16(21-24)14-5-2-1-3-6-14/h1-8H,9-13H2. The fraction of sp³-hybridized carbons (Fsp3) is 0.278. The van der Waals surface area contributed by atoms with Gasteiger partial charge >= 0.3 is 5.76 Å². The molecule has 3 aromatic rings. The molecular weight excluding hydrogens is 348 g/mol. The van der Waals surface area contributed by atoms with Crippen LogP contribution in [-0.4, -0.2) is 56.7 Å². The number of amides is 1. The molecule has 1 aromatic carbocycles. The summed E-state index contributed by atoms with van der Waals surface area (Å²) in [6, 6.07) is 10.9. The number of hydrogen-bond acceptors (Lipinski definition) is 7. The number of carbonyl (C=O) groups is 1. The first-order valence-corrected chi connectivity index (χ1v) is 8.64. The van der Waals surface area contributed by atoms with Crippen LogP contribution in [0.1, 0.15) is 0 Å². The summed E-state index contributed by atoms with van der Waals surface area (Å²) >= 11 is 0. The molecule has 0 aliphatic carbocycles. The zero-order chi connectivity index (χ0) is 18.6. The van der Waals surface area contributed by atoms with Crippen LogP contribution in [0.2, 0.25) is 0 Å². The maximum absolute atomic E-state index is 12.5. The van der Waals surface area contributed by atoms with E-state index in [2.05, 4.69) is 15.1 Å². The molecule has 9 heteroatoms. The lowest BCUT2D eigenvalue weighted by Crippen LogP contribution is -2.50. The third kappa shape index (κ3) is 3.71. The van der Waals surface area contributed by atoms with Gasteiger partial charge in [-0.1, -0.05) is 18.2 Å². The second kappa shape index (κ2) is 7.40. The zero-order valence-corrected chi connectivity index (χ0v) is 14.6. The minimum Gasteiger partial charge on any atom is -0.388 e. The average molecular weight is 366 g/mol. The number of benzene rings is 1. The molecule has 2 aromatic heterocycles. The molecule has 0 bridgehead atoms. The monoisotopic (exact) mass is 366 g/mol. The zero-order valence-electron chi connectivity index (χ0n) is 14.6. The van der Waals surface area contributed by atoms with E-state index in [9.17, 15) is 9.59 Å². The molecule has 0 radical (unpaired) electrons. The van der Waals surface area contributed by atoms with Crippen molar-refractivity contribution in [3.05, 3.63) is 59.3 Å². The van der Waals surface area contributed by atoms with Gasteiger partial charge in [-0.25, -0.2) is 14.8 Å². The predicted octanol–water partition coefficient (Wildman–Crippen LogP) is 0.642. The van der Waals surface area contributed by atoms with Gasteiger partial charge < -0.3 is 14.2 Å². The Morgan fingerprint density at radius 3 is 2.41 bits per heavy atom. The second-order valence-electron chi connectivity index (χ2n) is 6.11. The first-order valence-electron chi connectivity index (χ1n) is 8.64. The molecule has 4 rings (SSSR count). The summed E-state index contributed by atoms with van der Waals surface area (Å²) in [6.07, 6.45) is 3.39. The summed E-state index contributed by atoms with van der Waals surface area (Å²) in [5.41, 5.74) is 0.692. The molecule has 9 nitrogen and oxygen atoms in total. The number of aromatic nitrogens is 4. The van der Waals surface area contributed by atoms with Gasteiger partial charge in [0.2, 0.25) is 17.7 Å². The summed E-state index contributed by atoms with van der Waals surface area (Å²) in [6.45, 7) is 2.21. The molecule has 0 unspecified atom stereocenters. The van der Waals surface area contributed by atoms with Gasteiger partial charge in [0.05, 0.1) is 0 Å². The summed E-state index contributed by atoms with van der Waals surface area (Å²) in [4.78, 5) is 36.7. The summed E-state index contributed by atoms with van der Waals surface area (Å²) in [7, 11) is 0. The van der Waals surface area contributed by atoms with E-state index >= 15 is 0 Å². The van der Waals surface area contributed by atoms with Crippen molar-refractivity contribution < 1.29 is 9.21 Å². The van der Waals surface area contributed by atoms with Crippen molar-refractivity contribution >= 4 is 11.9 Å². The number of piperazine rings is 1. The molecule has 0 saturated carbocycles. The third-order valence-corrected chi connectivity index (χ3v) is 4.38. The largest absolute Gasteiger partial charge is 0.437 e. The Balaban J connectivity index is 1.39. The van der Waals surface area contributed by atoms with Gasteiger partial charge in [0.1, 0.15) is 6.54 Å². The van der Waals surface area contributed by atoms with Crippen molar-refractivity contribution in [2.75, 3.05) is 31.1 Å². The van der Waals surface area contributed by atoms with Crippen molar-refractivity contribution in [3.8, 4) is 11.5 Å². The van der Waals surface area contributed by atoms with Crippen molar-refractivity contribution in [3.63, 3.8) is 0 Å². The molecule has 1 saturated heterocycles. The van der Waals surface area contributed by atoms with Gasteiger partial charge in [-0.15, -0.1) is 5.10 Å². The topological polar surface area (TPSA) is 97.4 Å². The van der Waals surface area contributed by atoms with Crippen molar-refractivity contribution in [2.45, 2.75) is 6.54 Å². The number of carbonyl (C=O) groups excluding carboxylic acids is 1. The van der Waals surface area contributed by atoms with Gasteiger partial charge in [0.25, 0.3) is 0 Å². The molecule has 3 heterocycles. The number of rotatable bonds is 4. The van der Waals surface area contributed by atoms with E-state index in [0.29, 0.717) is 37.7 Å². The molecule has 0 spiro atoms. The Bertz CT molecular complexity index is 962. The van der Waals surface area contributed by atoms with Crippen LogP contribution in [0.3, 0.4) is 0 Å². The van der Waals surface area contributed by atoms with Crippen molar-refractivity contribution in [1.82, 2.24) is 24.6 Å². The van der Waals surface area contributed by atoms with E-state index in [1.54, 1.807) is 35.5 Å². The molecule has 1 aliphatic rings. The first kappa shape index (κ1) is 17.0. The Morgan fingerprint density at radius 2 is 1.70 bits per heavy atom. The highest BCUT2D eigenvalue weighted by atomic mass is 16.4. The van der Waals surface area contributed by atoms with E-state index in [4.69, 9.17) is 4.42 Å². The molecule has 0 N–H and O–H groups in total. The maximum atomic E-state index is 12.5. The van der Waals surface area contributed by atoms with E-state index in [1.165, 1.54) is 0 Å². The second-order valence-corrected chi connectivity index (χ2v) is 6.11. The number of anilines is 1. The minimum absolute atomic E-state index is 0.142. The van der Waals surface area contributed by atoms with Gasteiger partial charge in [-0.2, -0.15) is 4.68 Å². The number of hydrogen-bond donors (Lipinski definition) is 0. The van der Waals surface area contributed by atoms with Crippen molar-refractivity contribution in [2.24, 2.45) is 0 Å². The molecule has 1 amide bonds.